The standard InChI is InChI=1S/C18H21N3O5/c1-11(2)8-21(9-17(22)19-16-6-12(3)26-20-16)18(23)13-4-5-14-15(7-13)25-10-24-14/h4-7,11H,8-10H2,1-3H3,(H,19,20,22). The van der Waals surface area contributed by atoms with Gasteiger partial charge in [-0.3, -0.25) is 9.59 Å². The number of hydrogen-bond acceptors (Lipinski definition) is 6. The molecule has 8 nitrogen and oxygen atoms in total. The summed E-state index contributed by atoms with van der Waals surface area (Å²) in [5.41, 5.74) is 0.444. The minimum Gasteiger partial charge on any atom is -0.454 e. The van der Waals surface area contributed by atoms with Crippen molar-refractivity contribution >= 4 is 17.6 Å². The van der Waals surface area contributed by atoms with Crippen LogP contribution >= 0.6 is 0 Å². The number of ether oxygens (including phenoxy) is 2. The largest absolute Gasteiger partial charge is 0.454 e. The normalized spacial score (nSPS) is 12.3. The van der Waals surface area contributed by atoms with Crippen LogP contribution in [0.4, 0.5) is 5.82 Å². The van der Waals surface area contributed by atoms with Crippen molar-refractivity contribution in [1.82, 2.24) is 10.1 Å². The predicted molar refractivity (Wildman–Crippen MR) is 93.2 cm³/mol. The summed E-state index contributed by atoms with van der Waals surface area (Å²) in [4.78, 5) is 26.7. The summed E-state index contributed by atoms with van der Waals surface area (Å²) in [6.45, 7) is 6.20. The summed E-state index contributed by atoms with van der Waals surface area (Å²) < 4.78 is 15.5. The highest BCUT2D eigenvalue weighted by atomic mass is 16.7. The van der Waals surface area contributed by atoms with E-state index < -0.39 is 0 Å². The average molecular weight is 359 g/mol. The van der Waals surface area contributed by atoms with Gasteiger partial charge in [0.15, 0.2) is 17.3 Å². The van der Waals surface area contributed by atoms with Gasteiger partial charge in [0.1, 0.15) is 12.3 Å². The summed E-state index contributed by atoms with van der Waals surface area (Å²) in [5, 5.41) is 6.36. The van der Waals surface area contributed by atoms with Gasteiger partial charge in [-0.2, -0.15) is 0 Å². The maximum Gasteiger partial charge on any atom is 0.254 e. The van der Waals surface area contributed by atoms with Gasteiger partial charge in [-0.1, -0.05) is 19.0 Å². The number of benzene rings is 1. The highest BCUT2D eigenvalue weighted by Crippen LogP contribution is 2.32. The molecule has 0 saturated heterocycles. The first-order chi connectivity index (χ1) is 12.4. The zero-order valence-electron chi connectivity index (χ0n) is 14.9. The highest BCUT2D eigenvalue weighted by molar-refractivity contribution is 5.99. The Morgan fingerprint density at radius 1 is 1.23 bits per heavy atom. The molecule has 26 heavy (non-hydrogen) atoms. The summed E-state index contributed by atoms with van der Waals surface area (Å²) >= 11 is 0. The number of hydrogen-bond donors (Lipinski definition) is 1. The lowest BCUT2D eigenvalue weighted by molar-refractivity contribution is -0.117. The Balaban J connectivity index is 1.72. The van der Waals surface area contributed by atoms with Crippen molar-refractivity contribution in [3.63, 3.8) is 0 Å². The third-order valence-electron chi connectivity index (χ3n) is 3.72. The lowest BCUT2D eigenvalue weighted by atomic mass is 10.1. The molecule has 1 N–H and O–H groups in total. The molecule has 2 aromatic rings. The minimum atomic E-state index is -0.340. The fraction of sp³-hybridized carbons (Fsp3) is 0.389. The van der Waals surface area contributed by atoms with Crippen molar-refractivity contribution in [2.75, 3.05) is 25.2 Å². The number of aryl methyl sites for hydroxylation is 1. The number of aromatic nitrogens is 1. The molecular formula is C18H21N3O5. The van der Waals surface area contributed by atoms with Crippen molar-refractivity contribution in [2.24, 2.45) is 5.92 Å². The fourth-order valence-electron chi connectivity index (χ4n) is 2.65. The van der Waals surface area contributed by atoms with Crippen LogP contribution in [0.1, 0.15) is 30.0 Å². The number of nitrogens with zero attached hydrogens (tertiary/aromatic N) is 2. The number of carbonyl (C=O) groups is 2. The van der Waals surface area contributed by atoms with Gasteiger partial charge in [0.05, 0.1) is 0 Å². The number of fused-ring (bicyclic) bond motifs is 1. The Labute approximate surface area is 151 Å². The second-order valence-corrected chi connectivity index (χ2v) is 6.52. The molecule has 0 atom stereocenters. The molecule has 3 rings (SSSR count). The van der Waals surface area contributed by atoms with Gasteiger partial charge in [-0.15, -0.1) is 0 Å². The van der Waals surface area contributed by atoms with E-state index in [1.165, 1.54) is 4.90 Å². The third-order valence-corrected chi connectivity index (χ3v) is 3.72. The van der Waals surface area contributed by atoms with Gasteiger partial charge in [-0.25, -0.2) is 0 Å². The molecule has 0 aliphatic carbocycles. The molecule has 0 spiro atoms. The summed E-state index contributed by atoms with van der Waals surface area (Å²) in [5.74, 6) is 1.67. The molecular weight excluding hydrogens is 338 g/mol. The molecule has 138 valence electrons. The van der Waals surface area contributed by atoms with Crippen LogP contribution in [0, 0.1) is 12.8 Å². The van der Waals surface area contributed by atoms with Crippen molar-refractivity contribution in [1.29, 1.82) is 0 Å². The van der Waals surface area contributed by atoms with E-state index in [0.29, 0.717) is 35.2 Å². The van der Waals surface area contributed by atoms with Crippen molar-refractivity contribution in [3.05, 3.63) is 35.6 Å². The number of nitrogens with one attached hydrogen (secondary N) is 1. The second kappa shape index (κ2) is 7.47. The van der Waals surface area contributed by atoms with Crippen LogP contribution in [0.25, 0.3) is 0 Å². The van der Waals surface area contributed by atoms with Crippen molar-refractivity contribution in [2.45, 2.75) is 20.8 Å². The summed E-state index contributed by atoms with van der Waals surface area (Å²) in [7, 11) is 0. The monoisotopic (exact) mass is 359 g/mol. The Hall–Kier alpha value is -3.03. The Kier molecular flexibility index (Phi) is 5.11. The van der Waals surface area contributed by atoms with Gasteiger partial charge < -0.3 is 24.2 Å². The average Bonchev–Trinajstić information content (AvgIpc) is 3.21. The maximum atomic E-state index is 12.9. The van der Waals surface area contributed by atoms with E-state index in [2.05, 4.69) is 10.5 Å². The number of rotatable bonds is 6. The fourth-order valence-corrected chi connectivity index (χ4v) is 2.65. The summed E-state index contributed by atoms with van der Waals surface area (Å²) in [6.07, 6.45) is 0. The topological polar surface area (TPSA) is 93.9 Å². The van der Waals surface area contributed by atoms with Gasteiger partial charge in [0.2, 0.25) is 12.7 Å². The van der Waals surface area contributed by atoms with Gasteiger partial charge >= 0.3 is 0 Å². The Morgan fingerprint density at radius 3 is 2.69 bits per heavy atom. The van der Waals surface area contributed by atoms with E-state index in [-0.39, 0.29) is 31.1 Å². The molecule has 0 fully saturated rings. The van der Waals surface area contributed by atoms with E-state index in [1.807, 2.05) is 13.8 Å². The number of amides is 2. The molecule has 0 saturated carbocycles. The molecule has 8 heteroatoms. The van der Waals surface area contributed by atoms with Crippen molar-refractivity contribution in [3.8, 4) is 11.5 Å². The van der Waals surface area contributed by atoms with Crippen LogP contribution in [0.15, 0.2) is 28.8 Å². The van der Waals surface area contributed by atoms with Crippen LogP contribution in [-0.4, -0.2) is 41.8 Å². The molecule has 2 heterocycles. The van der Waals surface area contributed by atoms with E-state index >= 15 is 0 Å². The first-order valence-corrected chi connectivity index (χ1v) is 8.34. The maximum absolute atomic E-state index is 12.9. The third kappa shape index (κ3) is 4.14. The number of anilines is 1. The quantitative estimate of drug-likeness (QED) is 0.851. The Morgan fingerprint density at radius 2 is 2.00 bits per heavy atom. The molecule has 0 bridgehead atoms. The number of carbonyl (C=O) groups excluding carboxylic acids is 2. The van der Waals surface area contributed by atoms with Crippen LogP contribution in [0.5, 0.6) is 11.5 Å². The van der Waals surface area contributed by atoms with Crippen LogP contribution in [0.3, 0.4) is 0 Å². The second-order valence-electron chi connectivity index (χ2n) is 6.52. The van der Waals surface area contributed by atoms with E-state index in [1.54, 1.807) is 31.2 Å². The molecule has 1 aliphatic rings. The summed E-state index contributed by atoms with van der Waals surface area (Å²) in [6, 6.07) is 6.62. The van der Waals surface area contributed by atoms with Gasteiger partial charge in [0.25, 0.3) is 5.91 Å². The SMILES string of the molecule is Cc1cc(NC(=O)CN(CC(C)C)C(=O)c2ccc3c(c2)OCO3)no1. The van der Waals surface area contributed by atoms with Gasteiger partial charge in [-0.05, 0) is 31.0 Å². The molecule has 2 amide bonds. The Bertz CT molecular complexity index is 815. The van der Waals surface area contributed by atoms with Crippen LogP contribution in [-0.2, 0) is 4.79 Å². The molecule has 0 unspecified atom stereocenters. The molecule has 1 aromatic heterocycles. The van der Waals surface area contributed by atoms with Crippen molar-refractivity contribution < 1.29 is 23.6 Å². The molecule has 0 radical (unpaired) electrons. The zero-order valence-corrected chi connectivity index (χ0v) is 14.9. The first-order valence-electron chi connectivity index (χ1n) is 8.34. The van der Waals surface area contributed by atoms with E-state index in [0.717, 1.165) is 0 Å². The minimum absolute atomic E-state index is 0.0859. The lowest BCUT2D eigenvalue weighted by Gasteiger charge is -2.24. The zero-order chi connectivity index (χ0) is 18.7. The van der Waals surface area contributed by atoms with E-state index in [4.69, 9.17) is 14.0 Å². The van der Waals surface area contributed by atoms with Gasteiger partial charge in [0, 0.05) is 18.2 Å². The lowest BCUT2D eigenvalue weighted by Crippen LogP contribution is -2.40. The van der Waals surface area contributed by atoms with Crippen LogP contribution < -0.4 is 14.8 Å². The molecule has 1 aromatic carbocycles. The van der Waals surface area contributed by atoms with E-state index in [9.17, 15) is 9.59 Å². The first kappa shape index (κ1) is 17.8. The smallest absolute Gasteiger partial charge is 0.254 e. The molecule has 1 aliphatic heterocycles. The van der Waals surface area contributed by atoms with Crippen LogP contribution in [0.2, 0.25) is 0 Å². The highest BCUT2D eigenvalue weighted by Gasteiger charge is 2.23. The predicted octanol–water partition coefficient (Wildman–Crippen LogP) is 2.45.